The first-order valence-corrected chi connectivity index (χ1v) is 11.2. The van der Waals surface area contributed by atoms with Crippen molar-refractivity contribution in [2.45, 2.75) is 81.1 Å². The van der Waals surface area contributed by atoms with Crippen LogP contribution in [0.5, 0.6) is 0 Å². The molecule has 0 bridgehead atoms. The van der Waals surface area contributed by atoms with E-state index in [-0.39, 0.29) is 22.6 Å². The Kier molecular flexibility index (Phi) is 5.29. The van der Waals surface area contributed by atoms with Gasteiger partial charge >= 0.3 is 0 Å². The average molecular weight is 398 g/mol. The van der Waals surface area contributed by atoms with Crippen molar-refractivity contribution in [1.82, 2.24) is 0 Å². The van der Waals surface area contributed by atoms with Crippen molar-refractivity contribution < 1.29 is 9.59 Å². The van der Waals surface area contributed by atoms with Gasteiger partial charge in [0.15, 0.2) is 0 Å². The molecule has 1 aromatic carbocycles. The lowest BCUT2D eigenvalue weighted by Crippen LogP contribution is -2.56. The Morgan fingerprint density at radius 2 is 1.14 bits per heavy atom. The second-order valence-electron chi connectivity index (χ2n) is 11.3. The van der Waals surface area contributed by atoms with Crippen LogP contribution in [0.2, 0.25) is 0 Å². The first-order chi connectivity index (χ1) is 13.3. The predicted octanol–water partition coefficient (Wildman–Crippen LogP) is 6.47. The van der Waals surface area contributed by atoms with E-state index in [1.807, 2.05) is 30.3 Å². The van der Waals surface area contributed by atoms with Crippen LogP contribution >= 0.6 is 0 Å². The van der Waals surface area contributed by atoms with Crippen molar-refractivity contribution in [2.24, 2.45) is 33.5 Å². The minimum Gasteiger partial charge on any atom is -0.273 e. The monoisotopic (exact) mass is 397 g/mol. The molecular formula is C26H39NO2. The van der Waals surface area contributed by atoms with Gasteiger partial charge in [-0.05, 0) is 60.5 Å². The summed E-state index contributed by atoms with van der Waals surface area (Å²) in [6.45, 7) is 17.4. The van der Waals surface area contributed by atoms with Crippen LogP contribution in [-0.4, -0.2) is 11.8 Å². The molecule has 2 fully saturated rings. The van der Waals surface area contributed by atoms with E-state index in [4.69, 9.17) is 0 Å². The molecule has 0 heterocycles. The van der Waals surface area contributed by atoms with Gasteiger partial charge in [0, 0.05) is 0 Å². The van der Waals surface area contributed by atoms with Crippen molar-refractivity contribution >= 4 is 17.5 Å². The Morgan fingerprint density at radius 3 is 1.45 bits per heavy atom. The molecule has 1 aromatic rings. The second-order valence-corrected chi connectivity index (χ2v) is 11.3. The van der Waals surface area contributed by atoms with Crippen LogP contribution in [0.1, 0.15) is 81.1 Å². The number of nitrogens with zero attached hydrogens (tertiary/aromatic N) is 1. The number of imide groups is 1. The Morgan fingerprint density at radius 1 is 0.759 bits per heavy atom. The zero-order valence-electron chi connectivity index (χ0n) is 19.6. The first kappa shape index (κ1) is 22.1. The molecule has 0 saturated heterocycles. The summed E-state index contributed by atoms with van der Waals surface area (Å²) in [7, 11) is 0. The largest absolute Gasteiger partial charge is 0.273 e. The smallest absolute Gasteiger partial charge is 0.240 e. The van der Waals surface area contributed by atoms with Crippen LogP contribution in [-0.2, 0) is 9.59 Å². The maximum atomic E-state index is 14.2. The van der Waals surface area contributed by atoms with E-state index in [1.165, 1.54) is 0 Å². The van der Waals surface area contributed by atoms with Crippen LogP contribution < -0.4 is 4.90 Å². The summed E-state index contributed by atoms with van der Waals surface area (Å²) in [5.74, 6) is 0.838. The van der Waals surface area contributed by atoms with E-state index in [0.29, 0.717) is 17.5 Å². The van der Waals surface area contributed by atoms with Gasteiger partial charge in [0.1, 0.15) is 0 Å². The fourth-order valence-electron chi connectivity index (χ4n) is 5.63. The van der Waals surface area contributed by atoms with E-state index in [1.54, 1.807) is 4.90 Å². The molecule has 2 aliphatic carbocycles. The van der Waals surface area contributed by atoms with Gasteiger partial charge in [-0.1, -0.05) is 73.6 Å². The third-order valence-corrected chi connectivity index (χ3v) is 9.83. The van der Waals surface area contributed by atoms with Gasteiger partial charge in [0.05, 0.1) is 16.5 Å². The molecule has 0 aliphatic heterocycles. The number of carbonyl (C=O) groups excluding carboxylic acids is 2. The van der Waals surface area contributed by atoms with Crippen LogP contribution in [0.25, 0.3) is 0 Å². The second kappa shape index (κ2) is 6.96. The number of hydrogen-bond acceptors (Lipinski definition) is 2. The molecule has 0 spiro atoms. The number of hydrogen-bond donors (Lipinski definition) is 0. The summed E-state index contributed by atoms with van der Waals surface area (Å²) >= 11 is 0. The highest BCUT2D eigenvalue weighted by Gasteiger charge is 2.60. The van der Waals surface area contributed by atoms with Crippen molar-refractivity contribution in [2.75, 3.05) is 4.90 Å². The number of amides is 2. The number of benzene rings is 1. The van der Waals surface area contributed by atoms with Gasteiger partial charge in [-0.3, -0.25) is 9.59 Å². The summed E-state index contributed by atoms with van der Waals surface area (Å²) in [4.78, 5) is 29.9. The predicted molar refractivity (Wildman–Crippen MR) is 120 cm³/mol. The van der Waals surface area contributed by atoms with E-state index < -0.39 is 10.8 Å². The van der Waals surface area contributed by atoms with Gasteiger partial charge in [0.25, 0.3) is 0 Å². The Hall–Kier alpha value is -1.64. The minimum absolute atomic E-state index is 0.0281. The van der Waals surface area contributed by atoms with Crippen molar-refractivity contribution in [3.8, 4) is 0 Å². The Bertz CT molecular complexity index is 748. The summed E-state index contributed by atoms with van der Waals surface area (Å²) < 4.78 is 0. The molecule has 3 heteroatoms. The van der Waals surface area contributed by atoms with Gasteiger partial charge in [-0.15, -0.1) is 0 Å². The maximum absolute atomic E-state index is 14.2. The van der Waals surface area contributed by atoms with E-state index >= 15 is 0 Å². The maximum Gasteiger partial charge on any atom is 0.240 e. The molecule has 0 N–H and O–H groups in total. The molecule has 2 amide bonds. The summed E-state index contributed by atoms with van der Waals surface area (Å²) in [5.41, 5.74) is -0.713. The first-order valence-electron chi connectivity index (χ1n) is 11.2. The van der Waals surface area contributed by atoms with Crippen LogP contribution in [0, 0.1) is 33.5 Å². The van der Waals surface area contributed by atoms with E-state index in [2.05, 4.69) is 55.4 Å². The highest BCUT2D eigenvalue weighted by atomic mass is 16.2. The number of anilines is 1. The Balaban J connectivity index is 2.10. The molecule has 3 rings (SSSR count). The molecule has 0 aromatic heterocycles. The molecule has 3 nitrogen and oxygen atoms in total. The molecule has 4 atom stereocenters. The van der Waals surface area contributed by atoms with Crippen LogP contribution in [0.15, 0.2) is 30.3 Å². The normalized spacial score (nSPS) is 35.4. The lowest BCUT2D eigenvalue weighted by atomic mass is 9.63. The van der Waals surface area contributed by atoms with Crippen molar-refractivity contribution in [1.29, 1.82) is 0 Å². The third kappa shape index (κ3) is 2.99. The quantitative estimate of drug-likeness (QED) is 0.548. The molecule has 2 aliphatic rings. The van der Waals surface area contributed by atoms with E-state index in [0.717, 1.165) is 25.7 Å². The minimum atomic E-state index is -0.553. The van der Waals surface area contributed by atoms with Crippen LogP contribution in [0.4, 0.5) is 5.69 Å². The van der Waals surface area contributed by atoms with Gasteiger partial charge in [-0.25, -0.2) is 4.90 Å². The van der Waals surface area contributed by atoms with Gasteiger partial charge in [-0.2, -0.15) is 0 Å². The molecule has 2 saturated carbocycles. The number of carbonyl (C=O) groups is 2. The van der Waals surface area contributed by atoms with Crippen molar-refractivity contribution in [3.05, 3.63) is 30.3 Å². The molecule has 160 valence electrons. The average Bonchev–Trinajstić information content (AvgIpc) is 3.02. The summed E-state index contributed by atoms with van der Waals surface area (Å²) in [6.07, 6.45) is 3.69. The SMILES string of the molecule is C[C@H]1CC[C@@](C)(C(=O)N(C(=O)[C@@]2(C)CC[C@H](C)C2(C)C)c2ccccc2)C1(C)C. The number of para-hydroxylation sites is 1. The highest BCUT2D eigenvalue weighted by Crippen LogP contribution is 2.59. The lowest BCUT2D eigenvalue weighted by Gasteiger charge is -2.46. The zero-order valence-corrected chi connectivity index (χ0v) is 19.6. The fourth-order valence-corrected chi connectivity index (χ4v) is 5.63. The topological polar surface area (TPSA) is 37.4 Å². The zero-order chi connectivity index (χ0) is 21.8. The molecule has 29 heavy (non-hydrogen) atoms. The standard InChI is InChI=1S/C26H39NO2/c1-18-14-16-25(7,23(18,3)4)21(28)27(20-12-10-9-11-13-20)22(29)26(8)17-15-19(2)24(26,5)6/h9-13,18-19H,14-17H2,1-8H3/t18-,19-,25-,26+/m0/s1. The Labute approximate surface area is 177 Å². The number of rotatable bonds is 3. The third-order valence-electron chi connectivity index (χ3n) is 9.83. The van der Waals surface area contributed by atoms with Gasteiger partial charge < -0.3 is 0 Å². The highest BCUT2D eigenvalue weighted by molar-refractivity contribution is 6.18. The lowest BCUT2D eigenvalue weighted by molar-refractivity contribution is -0.142. The summed E-state index contributed by atoms with van der Waals surface area (Å²) in [6, 6.07) is 9.57. The fraction of sp³-hybridized carbons (Fsp3) is 0.692. The van der Waals surface area contributed by atoms with Crippen molar-refractivity contribution in [3.63, 3.8) is 0 Å². The van der Waals surface area contributed by atoms with Crippen LogP contribution in [0.3, 0.4) is 0 Å². The molecule has 0 radical (unpaired) electrons. The van der Waals surface area contributed by atoms with Gasteiger partial charge in [0.2, 0.25) is 11.8 Å². The molecule has 0 unspecified atom stereocenters. The summed E-state index contributed by atoms with van der Waals surface area (Å²) in [5, 5.41) is 0. The van der Waals surface area contributed by atoms with E-state index in [9.17, 15) is 9.59 Å². The molecular weight excluding hydrogens is 358 g/mol.